The number of fused-ring (bicyclic) bond motifs is 3. The van der Waals surface area contributed by atoms with Gasteiger partial charge in [0.25, 0.3) is 0 Å². The van der Waals surface area contributed by atoms with Crippen LogP contribution in [-0.4, -0.2) is 22.9 Å². The van der Waals surface area contributed by atoms with E-state index in [4.69, 9.17) is 4.74 Å². The molecule has 22 heavy (non-hydrogen) atoms. The number of hydrogen-bond acceptors (Lipinski definition) is 4. The summed E-state index contributed by atoms with van der Waals surface area (Å²) in [6.45, 7) is 3.67. The Kier molecular flexibility index (Phi) is 3.68. The van der Waals surface area contributed by atoms with Gasteiger partial charge >= 0.3 is 5.97 Å². The van der Waals surface area contributed by atoms with E-state index < -0.39 is 23.0 Å². The van der Waals surface area contributed by atoms with Gasteiger partial charge in [-0.1, -0.05) is 0 Å². The number of carbonyl (C=O) groups excluding carboxylic acids is 1. The molecule has 2 aromatic rings. The predicted octanol–water partition coefficient (Wildman–Crippen LogP) is 3.12. The van der Waals surface area contributed by atoms with Gasteiger partial charge in [0.05, 0.1) is 17.1 Å². The van der Waals surface area contributed by atoms with Crippen LogP contribution in [0.2, 0.25) is 0 Å². The molecule has 0 aliphatic carbocycles. The standard InChI is InChI=1S/C15H13F2NO3S/c1-3-21-15(20)12-13(19)8-4-9(16)10(17)5-11(8)18-7(2)6-22-14(12)18/h4-5,7H,3,6H2,1-2H3. The monoisotopic (exact) mass is 325 g/mol. The highest BCUT2D eigenvalue weighted by Crippen LogP contribution is 2.38. The zero-order chi connectivity index (χ0) is 16.0. The lowest BCUT2D eigenvalue weighted by Gasteiger charge is -2.16. The topological polar surface area (TPSA) is 48.3 Å². The predicted molar refractivity (Wildman–Crippen MR) is 79.5 cm³/mol. The van der Waals surface area contributed by atoms with E-state index in [1.165, 1.54) is 11.8 Å². The largest absolute Gasteiger partial charge is 0.462 e. The zero-order valence-corrected chi connectivity index (χ0v) is 12.8. The lowest BCUT2D eigenvalue weighted by Crippen LogP contribution is -2.23. The molecule has 0 bridgehead atoms. The molecular formula is C15H13F2NO3S. The molecular weight excluding hydrogens is 312 g/mol. The molecule has 7 heteroatoms. The van der Waals surface area contributed by atoms with Crippen molar-refractivity contribution in [1.29, 1.82) is 0 Å². The summed E-state index contributed by atoms with van der Waals surface area (Å²) < 4.78 is 33.7. The zero-order valence-electron chi connectivity index (χ0n) is 12.0. The first-order valence-corrected chi connectivity index (χ1v) is 7.81. The molecule has 0 spiro atoms. The fourth-order valence-electron chi connectivity index (χ4n) is 2.62. The summed E-state index contributed by atoms with van der Waals surface area (Å²) in [6.07, 6.45) is 0. The van der Waals surface area contributed by atoms with Gasteiger partial charge in [0.15, 0.2) is 11.6 Å². The van der Waals surface area contributed by atoms with Gasteiger partial charge in [0.1, 0.15) is 5.56 Å². The summed E-state index contributed by atoms with van der Waals surface area (Å²) in [5, 5.41) is 0.439. The Balaban J connectivity index is 2.44. The summed E-state index contributed by atoms with van der Waals surface area (Å²) in [4.78, 5) is 24.7. The highest BCUT2D eigenvalue weighted by molar-refractivity contribution is 7.99. The molecule has 1 aliphatic rings. The lowest BCUT2D eigenvalue weighted by molar-refractivity contribution is 0.0519. The van der Waals surface area contributed by atoms with Crippen LogP contribution in [0.5, 0.6) is 0 Å². The van der Waals surface area contributed by atoms with E-state index in [0.717, 1.165) is 12.1 Å². The van der Waals surface area contributed by atoms with Crippen molar-refractivity contribution < 1.29 is 18.3 Å². The van der Waals surface area contributed by atoms with Crippen molar-refractivity contribution in [3.8, 4) is 0 Å². The van der Waals surface area contributed by atoms with Gasteiger partial charge < -0.3 is 9.30 Å². The summed E-state index contributed by atoms with van der Waals surface area (Å²) in [6, 6.07) is 1.81. The SMILES string of the molecule is CCOC(=O)c1c2n(c3cc(F)c(F)cc3c1=O)C(C)CS2. The van der Waals surface area contributed by atoms with Crippen molar-refractivity contribution in [3.05, 3.63) is 39.6 Å². The van der Waals surface area contributed by atoms with Gasteiger partial charge in [-0.3, -0.25) is 4.79 Å². The Labute approximate surface area is 129 Å². The van der Waals surface area contributed by atoms with Crippen LogP contribution in [0, 0.1) is 11.6 Å². The molecule has 3 rings (SSSR count). The molecule has 0 saturated heterocycles. The molecule has 2 heterocycles. The van der Waals surface area contributed by atoms with Gasteiger partial charge in [-0.05, 0) is 19.9 Å². The third-order valence-corrected chi connectivity index (χ3v) is 4.91. The van der Waals surface area contributed by atoms with E-state index in [-0.39, 0.29) is 23.6 Å². The Morgan fingerprint density at radius 3 is 2.77 bits per heavy atom. The van der Waals surface area contributed by atoms with Crippen LogP contribution in [0.4, 0.5) is 8.78 Å². The van der Waals surface area contributed by atoms with E-state index in [1.54, 1.807) is 11.5 Å². The number of thioether (sulfide) groups is 1. The first-order chi connectivity index (χ1) is 10.5. The Hall–Kier alpha value is -1.89. The highest BCUT2D eigenvalue weighted by atomic mass is 32.2. The maximum Gasteiger partial charge on any atom is 0.344 e. The molecule has 4 nitrogen and oxygen atoms in total. The van der Waals surface area contributed by atoms with Crippen molar-refractivity contribution in [2.24, 2.45) is 0 Å². The number of ether oxygens (including phenoxy) is 1. The number of rotatable bonds is 2. The number of halogens is 2. The van der Waals surface area contributed by atoms with E-state index in [0.29, 0.717) is 16.3 Å². The average molecular weight is 325 g/mol. The number of pyridine rings is 1. The van der Waals surface area contributed by atoms with Crippen LogP contribution in [0.15, 0.2) is 22.0 Å². The Bertz CT molecular complexity index is 847. The Morgan fingerprint density at radius 2 is 2.09 bits per heavy atom. The third-order valence-electron chi connectivity index (χ3n) is 3.58. The third kappa shape index (κ3) is 2.11. The molecule has 1 unspecified atom stereocenters. The molecule has 1 aromatic heterocycles. The smallest absolute Gasteiger partial charge is 0.344 e. The van der Waals surface area contributed by atoms with Crippen LogP contribution in [-0.2, 0) is 4.74 Å². The summed E-state index contributed by atoms with van der Waals surface area (Å²) in [7, 11) is 0. The fourth-order valence-corrected chi connectivity index (χ4v) is 3.90. The minimum atomic E-state index is -1.11. The number of carbonyl (C=O) groups is 1. The number of nitrogens with zero attached hydrogens (tertiary/aromatic N) is 1. The maximum absolute atomic E-state index is 13.6. The molecule has 1 aliphatic heterocycles. The number of aromatic nitrogens is 1. The van der Waals surface area contributed by atoms with Crippen molar-refractivity contribution >= 4 is 28.6 Å². The van der Waals surface area contributed by atoms with Crippen LogP contribution >= 0.6 is 11.8 Å². The first-order valence-electron chi connectivity index (χ1n) is 6.82. The van der Waals surface area contributed by atoms with E-state index in [1.807, 2.05) is 6.92 Å². The second-order valence-electron chi connectivity index (χ2n) is 5.04. The maximum atomic E-state index is 13.6. The molecule has 0 radical (unpaired) electrons. The second kappa shape index (κ2) is 5.39. The lowest BCUT2D eigenvalue weighted by atomic mass is 10.1. The van der Waals surface area contributed by atoms with Gasteiger partial charge in [-0.25, -0.2) is 13.6 Å². The van der Waals surface area contributed by atoms with Crippen molar-refractivity contribution in [2.75, 3.05) is 12.4 Å². The minimum absolute atomic E-state index is 0.0138. The Morgan fingerprint density at radius 1 is 1.41 bits per heavy atom. The molecule has 1 atom stereocenters. The molecule has 0 saturated carbocycles. The van der Waals surface area contributed by atoms with Gasteiger partial charge in [0.2, 0.25) is 5.43 Å². The van der Waals surface area contributed by atoms with E-state index in [9.17, 15) is 18.4 Å². The fraction of sp³-hybridized carbons (Fsp3) is 0.333. The molecule has 0 fully saturated rings. The average Bonchev–Trinajstić information content (AvgIpc) is 2.83. The van der Waals surface area contributed by atoms with Crippen molar-refractivity contribution in [3.63, 3.8) is 0 Å². The van der Waals surface area contributed by atoms with Gasteiger partial charge in [-0.2, -0.15) is 0 Å². The van der Waals surface area contributed by atoms with Crippen molar-refractivity contribution in [1.82, 2.24) is 4.57 Å². The van der Waals surface area contributed by atoms with Gasteiger partial charge in [0, 0.05) is 23.2 Å². The van der Waals surface area contributed by atoms with Crippen LogP contribution in [0.3, 0.4) is 0 Å². The molecule has 1 aromatic carbocycles. The quantitative estimate of drug-likeness (QED) is 0.796. The molecule has 116 valence electrons. The van der Waals surface area contributed by atoms with Crippen LogP contribution in [0.25, 0.3) is 10.9 Å². The van der Waals surface area contributed by atoms with E-state index in [2.05, 4.69) is 0 Å². The van der Waals surface area contributed by atoms with Crippen LogP contribution < -0.4 is 5.43 Å². The van der Waals surface area contributed by atoms with Crippen LogP contribution in [0.1, 0.15) is 30.2 Å². The highest BCUT2D eigenvalue weighted by Gasteiger charge is 2.30. The number of hydrogen-bond donors (Lipinski definition) is 0. The number of benzene rings is 1. The molecule has 0 amide bonds. The second-order valence-corrected chi connectivity index (χ2v) is 6.05. The molecule has 0 N–H and O–H groups in total. The summed E-state index contributed by atoms with van der Waals surface area (Å²) in [5.74, 6) is -2.22. The van der Waals surface area contributed by atoms with E-state index >= 15 is 0 Å². The summed E-state index contributed by atoms with van der Waals surface area (Å²) in [5.41, 5.74) is -0.431. The summed E-state index contributed by atoms with van der Waals surface area (Å²) >= 11 is 1.34. The normalized spacial score (nSPS) is 16.8. The minimum Gasteiger partial charge on any atom is -0.462 e. The number of esters is 1. The van der Waals surface area contributed by atoms with Crippen molar-refractivity contribution in [2.45, 2.75) is 24.9 Å². The first kappa shape index (κ1) is 15.0. The van der Waals surface area contributed by atoms with Gasteiger partial charge in [-0.15, -0.1) is 11.8 Å².